The summed E-state index contributed by atoms with van der Waals surface area (Å²) >= 11 is -1.14. The molecule has 0 aromatic heterocycles. The van der Waals surface area contributed by atoms with Crippen molar-refractivity contribution in [2.45, 2.75) is 304 Å². The molecular weight excluding hydrogens is 695 g/mol. The summed E-state index contributed by atoms with van der Waals surface area (Å²) in [4.78, 5) is 0. The summed E-state index contributed by atoms with van der Waals surface area (Å²) in [6.07, 6.45) is 63.0. The average molecular weight is 795 g/mol. The van der Waals surface area contributed by atoms with Crippen molar-refractivity contribution in [3.8, 4) is 0 Å². The molecule has 0 fully saturated rings. The van der Waals surface area contributed by atoms with Crippen molar-refractivity contribution in [3.63, 3.8) is 0 Å². The van der Waals surface area contributed by atoms with Gasteiger partial charge in [0.15, 0.2) is 0 Å². The Kier molecular flexibility index (Phi) is 47.6. The average Bonchev–Trinajstić information content (AvgIpc) is 3.11. The minimum Gasteiger partial charge on any atom is -0.0654 e. The topological polar surface area (TPSA) is 0 Å². The van der Waals surface area contributed by atoms with Gasteiger partial charge in [-0.2, -0.15) is 0 Å². The van der Waals surface area contributed by atoms with E-state index in [1.54, 1.807) is 51.8 Å². The van der Waals surface area contributed by atoms with Gasteiger partial charge in [0, 0.05) is 0 Å². The Morgan fingerprint density at radius 1 is 0.163 bits per heavy atom. The second-order valence-corrected chi connectivity index (χ2v) is 25.4. The van der Waals surface area contributed by atoms with Gasteiger partial charge < -0.3 is 0 Å². The van der Waals surface area contributed by atoms with E-state index in [2.05, 4.69) is 20.8 Å². The first kappa shape index (κ1) is 49.8. The summed E-state index contributed by atoms with van der Waals surface area (Å²) in [6, 6.07) is 0. The molecule has 0 saturated carbocycles. The third-order valence-corrected chi connectivity index (χ3v) is 20.7. The van der Waals surface area contributed by atoms with Gasteiger partial charge in [-0.3, -0.25) is 0 Å². The molecule has 0 nitrogen and oxygen atoms in total. The van der Waals surface area contributed by atoms with Gasteiger partial charge in [-0.1, -0.05) is 78.6 Å². The number of rotatable bonds is 45. The van der Waals surface area contributed by atoms with Gasteiger partial charge in [0.1, 0.15) is 0 Å². The van der Waals surface area contributed by atoms with Crippen LogP contribution in [0.1, 0.15) is 290 Å². The van der Waals surface area contributed by atoms with Gasteiger partial charge in [-0.25, -0.2) is 0 Å². The molecule has 0 spiro atoms. The van der Waals surface area contributed by atoms with Crippen LogP contribution in [0, 0.1) is 0 Å². The molecule has 0 saturated heterocycles. The van der Waals surface area contributed by atoms with Gasteiger partial charge >= 0.3 is 245 Å². The SMILES string of the molecule is CCCCCCCCCCCCCCC[CH2][Sn]([CH2]CCCCCCCCCCCCCCC)[CH2]CCCCCCCCCCCCCCC. The van der Waals surface area contributed by atoms with E-state index >= 15 is 0 Å². The smallest absolute Gasteiger partial charge is 0.0654 e. The molecule has 0 amide bonds. The van der Waals surface area contributed by atoms with Gasteiger partial charge in [-0.05, 0) is 0 Å². The van der Waals surface area contributed by atoms with Crippen molar-refractivity contribution >= 4 is 19.8 Å². The first-order chi connectivity index (χ1) is 24.3. The molecule has 0 aliphatic heterocycles. The Hall–Kier alpha value is 0.799. The molecule has 295 valence electrons. The van der Waals surface area contributed by atoms with Crippen LogP contribution in [0.5, 0.6) is 0 Å². The summed E-state index contributed by atoms with van der Waals surface area (Å²) in [5.74, 6) is 0. The normalized spacial score (nSPS) is 11.8. The van der Waals surface area contributed by atoms with E-state index < -0.39 is 19.8 Å². The van der Waals surface area contributed by atoms with E-state index in [-0.39, 0.29) is 0 Å². The fraction of sp³-hybridized carbons (Fsp3) is 1.00. The van der Waals surface area contributed by atoms with E-state index in [9.17, 15) is 0 Å². The van der Waals surface area contributed by atoms with Gasteiger partial charge in [-0.15, -0.1) is 0 Å². The molecule has 1 radical (unpaired) electrons. The van der Waals surface area contributed by atoms with E-state index in [1.807, 2.05) is 0 Å². The van der Waals surface area contributed by atoms with Crippen LogP contribution in [0.3, 0.4) is 0 Å². The monoisotopic (exact) mass is 796 g/mol. The molecule has 0 aromatic carbocycles. The van der Waals surface area contributed by atoms with Crippen LogP contribution in [0.15, 0.2) is 0 Å². The number of unbranched alkanes of at least 4 members (excludes halogenated alkanes) is 39. The summed E-state index contributed by atoms with van der Waals surface area (Å²) in [5.41, 5.74) is 0. The zero-order valence-electron chi connectivity index (χ0n) is 35.3. The van der Waals surface area contributed by atoms with Crippen molar-refractivity contribution in [2.24, 2.45) is 0 Å². The van der Waals surface area contributed by atoms with Gasteiger partial charge in [0.05, 0.1) is 0 Å². The van der Waals surface area contributed by atoms with Crippen LogP contribution in [0.2, 0.25) is 13.3 Å². The van der Waals surface area contributed by atoms with E-state index in [0.29, 0.717) is 0 Å². The van der Waals surface area contributed by atoms with E-state index in [1.165, 1.54) is 231 Å². The van der Waals surface area contributed by atoms with Crippen LogP contribution in [0.4, 0.5) is 0 Å². The molecule has 0 heterocycles. The second-order valence-electron chi connectivity index (χ2n) is 16.8. The van der Waals surface area contributed by atoms with Crippen molar-refractivity contribution in [1.29, 1.82) is 0 Å². The summed E-state index contributed by atoms with van der Waals surface area (Å²) in [6.45, 7) is 6.97. The maximum absolute atomic E-state index is 2.32. The molecule has 49 heavy (non-hydrogen) atoms. The molecule has 0 aliphatic carbocycles. The second kappa shape index (κ2) is 46.8. The van der Waals surface area contributed by atoms with Crippen molar-refractivity contribution < 1.29 is 0 Å². The number of hydrogen-bond acceptors (Lipinski definition) is 0. The third-order valence-electron chi connectivity index (χ3n) is 11.7. The fourth-order valence-electron chi connectivity index (χ4n) is 8.08. The summed E-state index contributed by atoms with van der Waals surface area (Å²) in [5, 5.41) is 0. The van der Waals surface area contributed by atoms with Crippen LogP contribution >= 0.6 is 0 Å². The summed E-state index contributed by atoms with van der Waals surface area (Å²) in [7, 11) is 0. The van der Waals surface area contributed by atoms with Gasteiger partial charge in [0.25, 0.3) is 0 Å². The molecule has 0 bridgehead atoms. The molecular formula is C48H99Sn. The molecule has 0 aromatic rings. The van der Waals surface area contributed by atoms with E-state index in [0.717, 1.165) is 0 Å². The zero-order valence-corrected chi connectivity index (χ0v) is 38.2. The van der Waals surface area contributed by atoms with Crippen molar-refractivity contribution in [1.82, 2.24) is 0 Å². The predicted octanol–water partition coefficient (Wildman–Crippen LogP) is 18.9. The van der Waals surface area contributed by atoms with Crippen LogP contribution in [0.25, 0.3) is 0 Å². The standard InChI is InChI=1S/3C16H33.Sn/c3*1-3-5-7-9-11-13-15-16-14-12-10-8-6-4-2;/h3*1,3-16H2,2H3;. The first-order valence-electron chi connectivity index (χ1n) is 24.2. The molecule has 0 N–H and O–H groups in total. The first-order valence-corrected chi connectivity index (χ1v) is 30.2. The Morgan fingerprint density at radius 2 is 0.286 bits per heavy atom. The van der Waals surface area contributed by atoms with Crippen LogP contribution in [-0.2, 0) is 0 Å². The molecule has 1 heteroatoms. The Bertz CT molecular complexity index is 467. The van der Waals surface area contributed by atoms with Crippen LogP contribution < -0.4 is 0 Å². The predicted molar refractivity (Wildman–Crippen MR) is 231 cm³/mol. The summed E-state index contributed by atoms with van der Waals surface area (Å²) < 4.78 is 5.20. The third kappa shape index (κ3) is 44.9. The number of hydrogen-bond donors (Lipinski definition) is 0. The van der Waals surface area contributed by atoms with Gasteiger partial charge in [0.2, 0.25) is 0 Å². The minimum absolute atomic E-state index is 1.14. The molecule has 0 unspecified atom stereocenters. The van der Waals surface area contributed by atoms with Crippen LogP contribution in [-0.4, -0.2) is 19.8 Å². The molecule has 0 aliphatic rings. The Balaban J connectivity index is 3.93. The van der Waals surface area contributed by atoms with Crippen molar-refractivity contribution in [3.05, 3.63) is 0 Å². The minimum atomic E-state index is -1.14. The molecule has 0 rings (SSSR count). The zero-order chi connectivity index (χ0) is 35.4. The Labute approximate surface area is 321 Å². The maximum atomic E-state index is 2.32. The Morgan fingerprint density at radius 3 is 0.429 bits per heavy atom. The van der Waals surface area contributed by atoms with E-state index in [4.69, 9.17) is 0 Å². The molecule has 0 atom stereocenters. The quantitative estimate of drug-likeness (QED) is 0.0425. The fourth-order valence-corrected chi connectivity index (χ4v) is 16.6. The van der Waals surface area contributed by atoms with Crippen molar-refractivity contribution in [2.75, 3.05) is 0 Å².